The molecule has 0 amide bonds. The molecule has 3 N–H and O–H groups in total. The predicted octanol–water partition coefficient (Wildman–Crippen LogP) is 13.4. The second kappa shape index (κ2) is 28.9. The molecule has 0 aromatic carbocycles. The van der Waals surface area contributed by atoms with Crippen LogP contribution in [0.25, 0.3) is 0 Å². The summed E-state index contributed by atoms with van der Waals surface area (Å²) in [5.74, 6) is -5.87. The Labute approximate surface area is 395 Å². The van der Waals surface area contributed by atoms with E-state index in [1.165, 1.54) is 53.4 Å². The van der Waals surface area contributed by atoms with Crippen LogP contribution in [0.15, 0.2) is 0 Å². The molecule has 0 aromatic heterocycles. The fourth-order valence-corrected chi connectivity index (χ4v) is 11.0. The van der Waals surface area contributed by atoms with E-state index in [4.69, 9.17) is 34.3 Å². The summed E-state index contributed by atoms with van der Waals surface area (Å²) in [7, 11) is 0. The van der Waals surface area contributed by atoms with Gasteiger partial charge in [0, 0.05) is 5.92 Å². The largest absolute Gasteiger partial charge is 0.549 e. The van der Waals surface area contributed by atoms with Crippen LogP contribution in [-0.4, -0.2) is 69.9 Å². The summed E-state index contributed by atoms with van der Waals surface area (Å²) >= 11 is 0. The molecule has 66 heavy (non-hydrogen) atoms. The minimum absolute atomic E-state index is 0.00198. The number of carboxylic acid groups (broad SMARTS) is 1. The van der Waals surface area contributed by atoms with Crippen molar-refractivity contribution in [2.24, 2.45) is 46.3 Å². The maximum absolute atomic E-state index is 14.6. The maximum Gasteiger partial charge on any atom is 0.549 e. The minimum atomic E-state index is -2.18. The Bertz CT molecular complexity index is 1380. The lowest BCUT2D eigenvalue weighted by molar-refractivity contribution is -0.572. The zero-order valence-corrected chi connectivity index (χ0v) is 42.6. The van der Waals surface area contributed by atoms with Gasteiger partial charge in [-0.25, -0.2) is 39.7 Å². The number of Topliss-reactive ketones (excluding diaryl/α,β-unsaturated/α-hetero) is 2. The van der Waals surface area contributed by atoms with Crippen LogP contribution in [0, 0.1) is 46.3 Å². The van der Waals surface area contributed by atoms with Gasteiger partial charge < -0.3 is 9.84 Å². The van der Waals surface area contributed by atoms with Gasteiger partial charge in [-0.05, 0) is 133 Å². The highest BCUT2D eigenvalue weighted by atomic mass is 17.3. The SMILES string of the molecule is CCCCCCCCCOOC(C1CCC(C(C)(C)C)CC1)(C1CCC(C(C)(C)C)CC1)C(CCCCCCCOC(=O)OOC(=O)O)C(C(C)=O)C(C)(OO)OOC(C)(CC(C)=O)OO. The summed E-state index contributed by atoms with van der Waals surface area (Å²) in [6.07, 6.45) is 15.2. The Balaban J connectivity index is 2.71. The number of carbonyl (C=O) groups excluding carboxylic acids is 3. The summed E-state index contributed by atoms with van der Waals surface area (Å²) in [6, 6.07) is 0. The molecule has 2 aliphatic rings. The molecule has 4 unspecified atom stereocenters. The van der Waals surface area contributed by atoms with E-state index in [2.05, 4.69) is 63.1 Å². The van der Waals surface area contributed by atoms with E-state index in [9.17, 15) is 29.7 Å². The number of unbranched alkanes of at least 4 members (excludes halogenated alkanes) is 10. The average Bonchev–Trinajstić information content (AvgIpc) is 3.25. The number of carbonyl (C=O) groups is 4. The van der Waals surface area contributed by atoms with E-state index in [1.54, 1.807) is 0 Å². The van der Waals surface area contributed by atoms with Crippen molar-refractivity contribution in [2.75, 3.05) is 13.2 Å². The lowest BCUT2D eigenvalue weighted by atomic mass is 9.53. The van der Waals surface area contributed by atoms with Gasteiger partial charge in [0.25, 0.3) is 0 Å². The first-order valence-corrected chi connectivity index (χ1v) is 25.1. The molecule has 2 fully saturated rings. The first-order valence-electron chi connectivity index (χ1n) is 25.1. The fourth-order valence-electron chi connectivity index (χ4n) is 11.0. The monoisotopic (exact) mass is 947 g/mol. The highest BCUT2D eigenvalue weighted by molar-refractivity contribution is 5.80. The summed E-state index contributed by atoms with van der Waals surface area (Å²) in [5, 5.41) is 29.3. The van der Waals surface area contributed by atoms with E-state index in [0.29, 0.717) is 44.1 Å². The third-order valence-corrected chi connectivity index (χ3v) is 14.6. The predicted molar refractivity (Wildman–Crippen MR) is 246 cm³/mol. The molecule has 16 heteroatoms. The lowest BCUT2D eigenvalue weighted by Gasteiger charge is -2.56. The van der Waals surface area contributed by atoms with Crippen LogP contribution in [0.1, 0.15) is 217 Å². The van der Waals surface area contributed by atoms with Gasteiger partial charge >= 0.3 is 12.3 Å². The van der Waals surface area contributed by atoms with Crippen LogP contribution in [0.5, 0.6) is 0 Å². The van der Waals surface area contributed by atoms with Crippen molar-refractivity contribution in [3.63, 3.8) is 0 Å². The van der Waals surface area contributed by atoms with Crippen molar-refractivity contribution < 1.29 is 78.6 Å². The van der Waals surface area contributed by atoms with Crippen LogP contribution in [-0.2, 0) is 53.4 Å². The normalized spacial score (nSPS) is 23.1. The van der Waals surface area contributed by atoms with Gasteiger partial charge in [0.15, 0.2) is 0 Å². The Morgan fingerprint density at radius 1 is 0.576 bits per heavy atom. The number of ether oxygens (including phenoxy) is 1. The van der Waals surface area contributed by atoms with Gasteiger partial charge in [0.1, 0.15) is 17.2 Å². The standard InChI is InChI=1S/C50H90O16/c1-12-13-14-15-16-20-23-34-59-66-50(40-29-25-38(26-30-40)46(4,5)6,41-31-27-39(28-32-41)47(7,8)9)42(24-21-18-17-19-22-33-58-45(55)61-60-44(53)54)43(37(3)52)49(11,63-57)65-64-48(10,62-56)35-36(2)51/h38-43,56-57H,12-35H2,1-11H3,(H,53,54). The molecule has 0 heterocycles. The molecule has 386 valence electrons. The molecule has 0 aromatic rings. The molecule has 2 saturated carbocycles. The van der Waals surface area contributed by atoms with Gasteiger partial charge in [-0.15, -0.1) is 0 Å². The Kier molecular flexibility index (Phi) is 26.1. The van der Waals surface area contributed by atoms with E-state index in [0.717, 1.165) is 83.5 Å². The number of hydrogen-bond acceptors (Lipinski definition) is 15. The number of hydrogen-bond donors (Lipinski definition) is 3. The Morgan fingerprint density at radius 2 is 1.05 bits per heavy atom. The Morgan fingerprint density at radius 3 is 1.48 bits per heavy atom. The molecule has 2 rings (SSSR count). The molecule has 0 radical (unpaired) electrons. The quantitative estimate of drug-likeness (QED) is 0.0194. The second-order valence-corrected chi connectivity index (χ2v) is 21.9. The Hall–Kier alpha value is -2.44. The van der Waals surface area contributed by atoms with E-state index in [1.807, 2.05) is 0 Å². The van der Waals surface area contributed by atoms with Crippen molar-refractivity contribution >= 4 is 23.9 Å². The van der Waals surface area contributed by atoms with Crippen molar-refractivity contribution in [3.8, 4) is 0 Å². The maximum atomic E-state index is 14.6. The van der Waals surface area contributed by atoms with Crippen LogP contribution in [0.3, 0.4) is 0 Å². The molecule has 16 nitrogen and oxygen atoms in total. The third-order valence-electron chi connectivity index (χ3n) is 14.6. The van der Waals surface area contributed by atoms with Gasteiger partial charge in [0.2, 0.25) is 11.6 Å². The van der Waals surface area contributed by atoms with Gasteiger partial charge in [0.05, 0.1) is 25.6 Å². The first kappa shape index (κ1) is 59.7. The summed E-state index contributed by atoms with van der Waals surface area (Å²) < 4.78 is 4.92. The van der Waals surface area contributed by atoms with Crippen molar-refractivity contribution in [1.29, 1.82) is 0 Å². The van der Waals surface area contributed by atoms with Crippen molar-refractivity contribution in [2.45, 2.75) is 235 Å². The molecule has 2 aliphatic carbocycles. The summed E-state index contributed by atoms with van der Waals surface area (Å²) in [4.78, 5) is 91.9. The van der Waals surface area contributed by atoms with Gasteiger partial charge in [-0.3, -0.25) is 9.59 Å². The van der Waals surface area contributed by atoms with E-state index < -0.39 is 47.7 Å². The van der Waals surface area contributed by atoms with E-state index in [-0.39, 0.29) is 40.8 Å². The number of ketones is 2. The van der Waals surface area contributed by atoms with E-state index >= 15 is 0 Å². The van der Waals surface area contributed by atoms with Crippen molar-refractivity contribution in [1.82, 2.24) is 0 Å². The first-order chi connectivity index (χ1) is 31.0. The highest BCUT2D eigenvalue weighted by Gasteiger charge is 2.62. The summed E-state index contributed by atoms with van der Waals surface area (Å²) in [6.45, 7) is 21.8. The minimum Gasteiger partial charge on any atom is -0.447 e. The number of rotatable bonds is 31. The van der Waals surface area contributed by atoms with Crippen LogP contribution >= 0.6 is 0 Å². The topological polar surface area (TPSA) is 212 Å². The van der Waals surface area contributed by atoms with Crippen LogP contribution < -0.4 is 0 Å². The van der Waals surface area contributed by atoms with Gasteiger partial charge in [-0.2, -0.15) is 19.5 Å². The second-order valence-electron chi connectivity index (χ2n) is 21.9. The molecule has 0 aliphatic heterocycles. The third kappa shape index (κ3) is 19.5. The highest BCUT2D eigenvalue weighted by Crippen LogP contribution is 2.57. The fraction of sp³-hybridized carbons (Fsp3) is 0.920. The molecule has 0 spiro atoms. The molecular formula is C50H90O16. The van der Waals surface area contributed by atoms with Gasteiger partial charge in [-0.1, -0.05) is 113 Å². The zero-order valence-electron chi connectivity index (χ0n) is 42.6. The lowest BCUT2D eigenvalue weighted by Crippen LogP contribution is -2.62. The zero-order chi connectivity index (χ0) is 49.6. The van der Waals surface area contributed by atoms with Crippen LogP contribution in [0.2, 0.25) is 0 Å². The smallest absolute Gasteiger partial charge is 0.447 e. The molecule has 4 atom stereocenters. The average molecular weight is 947 g/mol. The molecular weight excluding hydrogens is 857 g/mol. The molecule has 0 bridgehead atoms. The van der Waals surface area contributed by atoms with Crippen molar-refractivity contribution in [3.05, 3.63) is 0 Å². The van der Waals surface area contributed by atoms with Crippen LogP contribution in [0.4, 0.5) is 9.59 Å². The summed E-state index contributed by atoms with van der Waals surface area (Å²) in [5.41, 5.74) is -0.849. The molecule has 0 saturated heterocycles.